The first-order valence-electron chi connectivity index (χ1n) is 9.07. The van der Waals surface area contributed by atoms with Crippen LogP contribution in [0.15, 0.2) is 24.4 Å². The van der Waals surface area contributed by atoms with Crippen LogP contribution in [0.5, 0.6) is 5.75 Å². The van der Waals surface area contributed by atoms with Gasteiger partial charge in [0.1, 0.15) is 5.75 Å². The van der Waals surface area contributed by atoms with Crippen molar-refractivity contribution in [1.82, 2.24) is 9.88 Å². The first kappa shape index (κ1) is 20.2. The molecule has 2 aromatic rings. The molecule has 7 nitrogen and oxygen atoms in total. The van der Waals surface area contributed by atoms with E-state index in [-0.39, 0.29) is 12.5 Å². The van der Waals surface area contributed by atoms with E-state index in [9.17, 15) is 14.7 Å². The highest BCUT2D eigenvalue weighted by molar-refractivity contribution is 6.32. The Bertz CT molecular complexity index is 904. The molecule has 1 N–H and O–H groups in total. The summed E-state index contributed by atoms with van der Waals surface area (Å²) in [5.74, 6) is 0.361. The SMILES string of the molecule is COC(=O)C1(CCCc2c(Cl)cnc3ccc(OC)cc23)CCN(C(=O)O)C1. The molecule has 28 heavy (non-hydrogen) atoms. The predicted molar refractivity (Wildman–Crippen MR) is 105 cm³/mol. The number of aromatic nitrogens is 1. The quantitative estimate of drug-likeness (QED) is 0.734. The Morgan fingerprint density at radius 3 is 2.79 bits per heavy atom. The number of nitrogens with zero attached hydrogens (tertiary/aromatic N) is 2. The Balaban J connectivity index is 1.80. The maximum atomic E-state index is 12.4. The Morgan fingerprint density at radius 2 is 2.14 bits per heavy atom. The third-order valence-electron chi connectivity index (χ3n) is 5.46. The number of likely N-dealkylation sites (tertiary alicyclic amines) is 1. The van der Waals surface area contributed by atoms with Gasteiger partial charge in [-0.2, -0.15) is 0 Å². The zero-order valence-electron chi connectivity index (χ0n) is 15.9. The molecule has 1 unspecified atom stereocenters. The lowest BCUT2D eigenvalue weighted by Crippen LogP contribution is -2.37. The van der Waals surface area contributed by atoms with E-state index in [1.165, 1.54) is 12.0 Å². The van der Waals surface area contributed by atoms with E-state index in [1.807, 2.05) is 18.2 Å². The summed E-state index contributed by atoms with van der Waals surface area (Å²) in [5, 5.41) is 10.7. The van der Waals surface area contributed by atoms with Gasteiger partial charge in [0.25, 0.3) is 0 Å². The van der Waals surface area contributed by atoms with Gasteiger partial charge in [-0.05, 0) is 49.4 Å². The molecule has 1 atom stereocenters. The normalized spacial score (nSPS) is 19.0. The van der Waals surface area contributed by atoms with Crippen LogP contribution in [0.3, 0.4) is 0 Å². The molecular formula is C20H23ClN2O5. The molecule has 2 heterocycles. The lowest BCUT2D eigenvalue weighted by atomic mass is 9.81. The molecule has 0 spiro atoms. The lowest BCUT2D eigenvalue weighted by molar-refractivity contribution is -0.152. The number of hydrogen-bond acceptors (Lipinski definition) is 5. The Kier molecular flexibility index (Phi) is 5.93. The second kappa shape index (κ2) is 8.22. The van der Waals surface area contributed by atoms with Crippen LogP contribution in [0, 0.1) is 5.41 Å². The number of carbonyl (C=O) groups excluding carboxylic acids is 1. The standard InChI is InChI=1S/C20H23ClN2O5/c1-27-13-5-6-17-15(10-13)14(16(21)11-22-17)4-3-7-20(18(24)28-2)8-9-23(12-20)19(25)26/h5-6,10-11H,3-4,7-9,12H2,1-2H3,(H,25,26). The minimum Gasteiger partial charge on any atom is -0.497 e. The van der Waals surface area contributed by atoms with Gasteiger partial charge in [-0.25, -0.2) is 4.79 Å². The van der Waals surface area contributed by atoms with Crippen molar-refractivity contribution in [3.05, 3.63) is 35.0 Å². The van der Waals surface area contributed by atoms with Crippen LogP contribution in [-0.4, -0.2) is 54.4 Å². The second-order valence-electron chi connectivity index (χ2n) is 7.05. The number of ether oxygens (including phenoxy) is 2. The van der Waals surface area contributed by atoms with Gasteiger partial charge in [-0.1, -0.05) is 11.6 Å². The number of carboxylic acid groups (broad SMARTS) is 1. The highest BCUT2D eigenvalue weighted by Gasteiger charge is 2.46. The average molecular weight is 407 g/mol. The first-order valence-corrected chi connectivity index (χ1v) is 9.45. The van der Waals surface area contributed by atoms with Crippen molar-refractivity contribution in [3.63, 3.8) is 0 Å². The van der Waals surface area contributed by atoms with Crippen LogP contribution in [0.2, 0.25) is 5.02 Å². The number of aryl methyl sites for hydroxylation is 1. The number of fused-ring (bicyclic) bond motifs is 1. The van der Waals surface area contributed by atoms with Crippen LogP contribution >= 0.6 is 11.6 Å². The van der Waals surface area contributed by atoms with Gasteiger partial charge in [-0.15, -0.1) is 0 Å². The van der Waals surface area contributed by atoms with Crippen molar-refractivity contribution in [3.8, 4) is 5.75 Å². The van der Waals surface area contributed by atoms with Crippen molar-refractivity contribution >= 4 is 34.6 Å². The summed E-state index contributed by atoms with van der Waals surface area (Å²) in [4.78, 5) is 29.3. The van der Waals surface area contributed by atoms with E-state index < -0.39 is 11.5 Å². The topological polar surface area (TPSA) is 89.0 Å². The minimum atomic E-state index is -1.01. The largest absolute Gasteiger partial charge is 0.497 e. The highest BCUT2D eigenvalue weighted by atomic mass is 35.5. The number of esters is 1. The molecule has 1 aliphatic heterocycles. The highest BCUT2D eigenvalue weighted by Crippen LogP contribution is 2.38. The van der Waals surface area contributed by atoms with E-state index >= 15 is 0 Å². The molecule has 0 aliphatic carbocycles. The fourth-order valence-electron chi connectivity index (χ4n) is 3.91. The van der Waals surface area contributed by atoms with Crippen molar-refractivity contribution in [1.29, 1.82) is 0 Å². The molecule has 1 aromatic carbocycles. The van der Waals surface area contributed by atoms with Gasteiger partial charge in [0.2, 0.25) is 0 Å². The summed E-state index contributed by atoms with van der Waals surface area (Å²) in [6.45, 7) is 0.494. The van der Waals surface area contributed by atoms with Gasteiger partial charge >= 0.3 is 12.1 Å². The number of rotatable bonds is 6. The number of halogens is 1. The van der Waals surface area contributed by atoms with Crippen LogP contribution in [0.1, 0.15) is 24.8 Å². The maximum Gasteiger partial charge on any atom is 0.407 e. The molecule has 1 saturated heterocycles. The van der Waals surface area contributed by atoms with Crippen LogP contribution in [-0.2, 0) is 16.0 Å². The number of amides is 1. The summed E-state index contributed by atoms with van der Waals surface area (Å²) in [7, 11) is 2.94. The maximum absolute atomic E-state index is 12.4. The fraction of sp³-hybridized carbons (Fsp3) is 0.450. The van der Waals surface area contributed by atoms with Crippen molar-refractivity contribution in [2.75, 3.05) is 27.3 Å². The van der Waals surface area contributed by atoms with Crippen molar-refractivity contribution < 1.29 is 24.2 Å². The monoisotopic (exact) mass is 406 g/mol. The van der Waals surface area contributed by atoms with Crippen molar-refractivity contribution in [2.24, 2.45) is 5.41 Å². The summed E-state index contributed by atoms with van der Waals surface area (Å²) >= 11 is 6.40. The third kappa shape index (κ3) is 3.85. The van der Waals surface area contributed by atoms with Gasteiger partial charge < -0.3 is 19.5 Å². The minimum absolute atomic E-state index is 0.160. The molecule has 1 aromatic heterocycles. The number of methoxy groups -OCH3 is 2. The van der Waals surface area contributed by atoms with Crippen LogP contribution in [0.25, 0.3) is 10.9 Å². The molecule has 1 fully saturated rings. The fourth-order valence-corrected chi connectivity index (χ4v) is 4.16. The van der Waals surface area contributed by atoms with Gasteiger partial charge in [0, 0.05) is 24.7 Å². The molecule has 150 valence electrons. The van der Waals surface area contributed by atoms with Crippen molar-refractivity contribution in [2.45, 2.75) is 25.7 Å². The number of hydrogen-bond donors (Lipinski definition) is 1. The lowest BCUT2D eigenvalue weighted by Gasteiger charge is -2.26. The Morgan fingerprint density at radius 1 is 1.36 bits per heavy atom. The van der Waals surface area contributed by atoms with Gasteiger partial charge in [0.15, 0.2) is 0 Å². The van der Waals surface area contributed by atoms with E-state index in [0.29, 0.717) is 37.3 Å². The molecule has 0 bridgehead atoms. The zero-order valence-corrected chi connectivity index (χ0v) is 16.7. The van der Waals surface area contributed by atoms with E-state index in [2.05, 4.69) is 4.98 Å². The number of benzene rings is 1. The second-order valence-corrected chi connectivity index (χ2v) is 7.45. The smallest absolute Gasteiger partial charge is 0.407 e. The zero-order chi connectivity index (χ0) is 20.3. The van der Waals surface area contributed by atoms with E-state index in [0.717, 1.165) is 22.2 Å². The summed E-state index contributed by atoms with van der Waals surface area (Å²) in [5.41, 5.74) is 0.958. The van der Waals surface area contributed by atoms with E-state index in [1.54, 1.807) is 13.3 Å². The summed E-state index contributed by atoms with van der Waals surface area (Å²) in [6.07, 6.45) is 2.90. The predicted octanol–water partition coefficient (Wildman–Crippen LogP) is 3.76. The molecule has 1 aliphatic rings. The van der Waals surface area contributed by atoms with Gasteiger partial charge in [0.05, 0.1) is 30.2 Å². The molecule has 0 saturated carbocycles. The molecule has 1 amide bonds. The van der Waals surface area contributed by atoms with Crippen LogP contribution < -0.4 is 4.74 Å². The van der Waals surface area contributed by atoms with Gasteiger partial charge in [-0.3, -0.25) is 9.78 Å². The summed E-state index contributed by atoms with van der Waals surface area (Å²) < 4.78 is 10.3. The van der Waals surface area contributed by atoms with Crippen LogP contribution in [0.4, 0.5) is 4.79 Å². The van der Waals surface area contributed by atoms with E-state index in [4.69, 9.17) is 21.1 Å². The Hall–Kier alpha value is -2.54. The molecular weight excluding hydrogens is 384 g/mol. The Labute approximate surface area is 168 Å². The first-order chi connectivity index (χ1) is 13.4. The third-order valence-corrected chi connectivity index (χ3v) is 5.78. The average Bonchev–Trinajstić information content (AvgIpc) is 3.14. The molecule has 3 rings (SSSR count). The number of pyridine rings is 1. The molecule has 0 radical (unpaired) electrons. The summed E-state index contributed by atoms with van der Waals surface area (Å²) in [6, 6.07) is 5.63. The molecule has 8 heteroatoms. The number of carbonyl (C=O) groups is 2.